The number of carbonyl (C=O) groups is 1. The number of hydrogen-bond acceptors (Lipinski definition) is 4. The van der Waals surface area contributed by atoms with Crippen LogP contribution in [-0.2, 0) is 17.9 Å². The predicted molar refractivity (Wildman–Crippen MR) is 124 cm³/mol. The maximum Gasteiger partial charge on any atom is 0.255 e. The molecule has 5 nitrogen and oxygen atoms in total. The molecule has 0 aromatic heterocycles. The zero-order chi connectivity index (χ0) is 22.2. The number of fused-ring (bicyclic) bond motifs is 4. The Hall–Kier alpha value is -3.57. The average molecular weight is 440 g/mol. The first-order chi connectivity index (χ1) is 16.3. The van der Waals surface area contributed by atoms with E-state index in [0.29, 0.717) is 30.2 Å². The second-order valence-corrected chi connectivity index (χ2v) is 8.76. The van der Waals surface area contributed by atoms with E-state index in [1.165, 1.54) is 0 Å². The minimum absolute atomic E-state index is 0.0171. The number of amides is 1. The highest BCUT2D eigenvalue weighted by Crippen LogP contribution is 2.45. The largest absolute Gasteiger partial charge is 0.454 e. The fraction of sp³-hybridized carbons (Fsp3) is 0.250. The van der Waals surface area contributed by atoms with Crippen molar-refractivity contribution in [3.05, 3.63) is 107 Å². The van der Waals surface area contributed by atoms with Crippen LogP contribution in [0.3, 0.4) is 0 Å². The van der Waals surface area contributed by atoms with Crippen molar-refractivity contribution in [1.82, 2.24) is 4.90 Å². The molecule has 0 radical (unpaired) electrons. The Bertz CT molecular complexity index is 1190. The van der Waals surface area contributed by atoms with E-state index in [-0.39, 0.29) is 30.8 Å². The summed E-state index contributed by atoms with van der Waals surface area (Å²) in [5, 5.41) is 0. The van der Waals surface area contributed by atoms with Crippen LogP contribution in [-0.4, -0.2) is 29.7 Å². The molecular weight excluding hydrogens is 414 g/mol. The predicted octanol–water partition coefficient (Wildman–Crippen LogP) is 5.07. The summed E-state index contributed by atoms with van der Waals surface area (Å²) in [6.07, 6.45) is 5.06. The maximum absolute atomic E-state index is 13.6. The summed E-state index contributed by atoms with van der Waals surface area (Å²) < 4.78 is 17.5. The minimum atomic E-state index is -0.0258. The summed E-state index contributed by atoms with van der Waals surface area (Å²) in [7, 11) is 0. The molecule has 166 valence electrons. The standard InChI is InChI=1S/C28H25NO4/c30-28-24-15-27-26(32-18-33-27)14-22(24)23-13-21(31-17-20-9-5-2-6-10-20)11-12-25(23)29(28)16-19-7-3-1-4-8-19/h1-12,14-15,21,23,25H,13,16-18H2/t21-,23-,25-/m0/s1. The molecule has 0 N–H and O–H groups in total. The Balaban J connectivity index is 1.33. The fourth-order valence-corrected chi connectivity index (χ4v) is 5.07. The molecule has 3 aromatic rings. The number of ether oxygens (including phenoxy) is 3. The van der Waals surface area contributed by atoms with E-state index in [1.54, 1.807) is 0 Å². The van der Waals surface area contributed by atoms with Crippen LogP contribution in [0.5, 0.6) is 11.5 Å². The van der Waals surface area contributed by atoms with Gasteiger partial charge in [-0.25, -0.2) is 0 Å². The van der Waals surface area contributed by atoms with Gasteiger partial charge in [0.05, 0.1) is 18.8 Å². The smallest absolute Gasteiger partial charge is 0.255 e. The maximum atomic E-state index is 13.6. The summed E-state index contributed by atoms with van der Waals surface area (Å²) in [4.78, 5) is 15.6. The van der Waals surface area contributed by atoms with Crippen LogP contribution < -0.4 is 9.47 Å². The van der Waals surface area contributed by atoms with Crippen LogP contribution in [0.2, 0.25) is 0 Å². The normalized spacial score (nSPS) is 22.7. The van der Waals surface area contributed by atoms with Gasteiger partial charge in [0.1, 0.15) is 0 Å². The van der Waals surface area contributed by atoms with Gasteiger partial charge in [-0.15, -0.1) is 0 Å². The summed E-state index contributed by atoms with van der Waals surface area (Å²) in [5.41, 5.74) is 4.00. The van der Waals surface area contributed by atoms with Gasteiger partial charge in [0, 0.05) is 18.0 Å². The Morgan fingerprint density at radius 3 is 2.33 bits per heavy atom. The van der Waals surface area contributed by atoms with Crippen molar-refractivity contribution in [1.29, 1.82) is 0 Å². The fourth-order valence-electron chi connectivity index (χ4n) is 5.07. The third kappa shape index (κ3) is 3.79. The summed E-state index contributed by atoms with van der Waals surface area (Å²) in [6, 6.07) is 24.2. The minimum Gasteiger partial charge on any atom is -0.454 e. The lowest BCUT2D eigenvalue weighted by Gasteiger charge is -2.44. The lowest BCUT2D eigenvalue weighted by atomic mass is 9.76. The number of hydrogen-bond donors (Lipinski definition) is 0. The SMILES string of the molecule is O=C1c2cc3c(cc2[C@@H]2C[C@@H](OCc4ccccc4)C=C[C@@H]2N1Cc1ccccc1)OCO3. The molecule has 0 saturated carbocycles. The van der Waals surface area contributed by atoms with Crippen LogP contribution >= 0.6 is 0 Å². The first-order valence-electron chi connectivity index (χ1n) is 11.4. The van der Waals surface area contributed by atoms with E-state index in [1.807, 2.05) is 53.4 Å². The molecule has 2 heterocycles. The molecule has 1 aliphatic carbocycles. The van der Waals surface area contributed by atoms with Crippen molar-refractivity contribution in [2.75, 3.05) is 6.79 Å². The van der Waals surface area contributed by atoms with E-state index in [2.05, 4.69) is 36.4 Å². The van der Waals surface area contributed by atoms with Crippen LogP contribution in [0.4, 0.5) is 0 Å². The second kappa shape index (κ2) is 8.41. The van der Waals surface area contributed by atoms with Gasteiger partial charge < -0.3 is 19.1 Å². The van der Waals surface area contributed by atoms with E-state index < -0.39 is 0 Å². The third-order valence-electron chi connectivity index (χ3n) is 6.72. The number of nitrogens with zero attached hydrogens (tertiary/aromatic N) is 1. The van der Waals surface area contributed by atoms with Crippen LogP contribution in [0.25, 0.3) is 0 Å². The Labute approximate surface area is 193 Å². The molecule has 3 aromatic carbocycles. The molecule has 33 heavy (non-hydrogen) atoms. The molecular formula is C28H25NO4. The van der Waals surface area contributed by atoms with Crippen LogP contribution in [0.15, 0.2) is 84.9 Å². The highest BCUT2D eigenvalue weighted by atomic mass is 16.7. The lowest BCUT2D eigenvalue weighted by Crippen LogP contribution is -2.48. The van der Waals surface area contributed by atoms with Gasteiger partial charge in [-0.1, -0.05) is 72.8 Å². The molecule has 0 fully saturated rings. The van der Waals surface area contributed by atoms with E-state index in [0.717, 1.165) is 23.1 Å². The highest BCUT2D eigenvalue weighted by molar-refractivity contribution is 5.98. The lowest BCUT2D eigenvalue weighted by molar-refractivity contribution is 0.0379. The number of benzene rings is 3. The Morgan fingerprint density at radius 1 is 0.879 bits per heavy atom. The summed E-state index contributed by atoms with van der Waals surface area (Å²) in [5.74, 6) is 1.51. The van der Waals surface area contributed by atoms with Gasteiger partial charge in [-0.2, -0.15) is 0 Å². The molecule has 2 aliphatic heterocycles. The average Bonchev–Trinajstić information content (AvgIpc) is 3.33. The van der Waals surface area contributed by atoms with Crippen molar-refractivity contribution in [2.45, 2.75) is 37.6 Å². The summed E-state index contributed by atoms with van der Waals surface area (Å²) in [6.45, 7) is 1.32. The van der Waals surface area contributed by atoms with E-state index >= 15 is 0 Å². The van der Waals surface area contributed by atoms with Gasteiger partial charge in [0.25, 0.3) is 5.91 Å². The molecule has 1 amide bonds. The molecule has 0 unspecified atom stereocenters. The van der Waals surface area contributed by atoms with Crippen LogP contribution in [0, 0.1) is 0 Å². The number of rotatable bonds is 5. The topological polar surface area (TPSA) is 48.0 Å². The van der Waals surface area contributed by atoms with Crippen molar-refractivity contribution in [2.24, 2.45) is 0 Å². The second-order valence-electron chi connectivity index (χ2n) is 8.76. The third-order valence-corrected chi connectivity index (χ3v) is 6.72. The molecule has 0 bridgehead atoms. The van der Waals surface area contributed by atoms with Crippen molar-refractivity contribution >= 4 is 5.91 Å². The zero-order valence-corrected chi connectivity index (χ0v) is 18.2. The molecule has 3 aliphatic rings. The van der Waals surface area contributed by atoms with Gasteiger partial charge in [0.15, 0.2) is 11.5 Å². The molecule has 0 saturated heterocycles. The highest BCUT2D eigenvalue weighted by Gasteiger charge is 2.42. The van der Waals surface area contributed by atoms with Gasteiger partial charge in [0.2, 0.25) is 6.79 Å². The quantitative estimate of drug-likeness (QED) is 0.521. The first-order valence-corrected chi connectivity index (χ1v) is 11.4. The van der Waals surface area contributed by atoms with Crippen LogP contribution in [0.1, 0.15) is 39.4 Å². The molecule has 3 atom stereocenters. The number of carbonyl (C=O) groups excluding carboxylic acids is 1. The summed E-state index contributed by atoms with van der Waals surface area (Å²) >= 11 is 0. The Kier molecular flexibility index (Phi) is 5.11. The van der Waals surface area contributed by atoms with Gasteiger partial charge in [-0.3, -0.25) is 4.79 Å². The zero-order valence-electron chi connectivity index (χ0n) is 18.2. The van der Waals surface area contributed by atoms with E-state index in [4.69, 9.17) is 14.2 Å². The van der Waals surface area contributed by atoms with Gasteiger partial charge >= 0.3 is 0 Å². The molecule has 5 heteroatoms. The molecule has 6 rings (SSSR count). The van der Waals surface area contributed by atoms with Crippen molar-refractivity contribution < 1.29 is 19.0 Å². The van der Waals surface area contributed by atoms with Gasteiger partial charge in [-0.05, 0) is 35.2 Å². The van der Waals surface area contributed by atoms with E-state index in [9.17, 15) is 4.79 Å². The first kappa shape index (κ1) is 20.1. The monoisotopic (exact) mass is 439 g/mol. The van der Waals surface area contributed by atoms with Crippen molar-refractivity contribution in [3.8, 4) is 11.5 Å². The Morgan fingerprint density at radius 2 is 1.58 bits per heavy atom. The van der Waals surface area contributed by atoms with Crippen molar-refractivity contribution in [3.63, 3.8) is 0 Å². The molecule has 0 spiro atoms.